The highest BCUT2D eigenvalue weighted by Gasteiger charge is 2.01. The van der Waals surface area contributed by atoms with Gasteiger partial charge >= 0.3 is 0 Å². The summed E-state index contributed by atoms with van der Waals surface area (Å²) in [6.07, 6.45) is 1.73. The Bertz CT molecular complexity index is 353. The van der Waals surface area contributed by atoms with Crippen molar-refractivity contribution in [2.75, 3.05) is 0 Å². The van der Waals surface area contributed by atoms with Crippen LogP contribution in [0.4, 0.5) is 0 Å². The summed E-state index contributed by atoms with van der Waals surface area (Å²) in [7, 11) is 0. The molecule has 3 nitrogen and oxygen atoms in total. The maximum Gasteiger partial charge on any atom is 0.185 e. The smallest absolute Gasteiger partial charge is 0.185 e. The van der Waals surface area contributed by atoms with Gasteiger partial charge in [-0.3, -0.25) is 4.98 Å². The van der Waals surface area contributed by atoms with Crippen molar-refractivity contribution in [1.29, 1.82) is 0 Å². The van der Waals surface area contributed by atoms with Gasteiger partial charge in [-0.05, 0) is 19.1 Å². The van der Waals surface area contributed by atoms with Crippen molar-refractivity contribution in [2.24, 2.45) is 0 Å². The predicted molar refractivity (Wildman–Crippen MR) is 36.5 cm³/mol. The number of rotatable bonds is 0. The molecule has 0 radical (unpaired) electrons. The Balaban J connectivity index is 2.93. The van der Waals surface area contributed by atoms with Crippen molar-refractivity contribution >= 4 is 11.1 Å². The first-order chi connectivity index (χ1) is 4.88. The van der Waals surface area contributed by atoms with Gasteiger partial charge in [-0.1, -0.05) is 5.16 Å². The van der Waals surface area contributed by atoms with Crippen LogP contribution in [0.25, 0.3) is 11.1 Å². The molecule has 0 aliphatic heterocycles. The van der Waals surface area contributed by atoms with E-state index in [0.717, 1.165) is 16.8 Å². The summed E-state index contributed by atoms with van der Waals surface area (Å²) in [6.45, 7) is 1.87. The van der Waals surface area contributed by atoms with E-state index >= 15 is 0 Å². The second-order valence-corrected chi connectivity index (χ2v) is 2.12. The van der Waals surface area contributed by atoms with Crippen LogP contribution in [0.5, 0.6) is 0 Å². The third kappa shape index (κ3) is 0.603. The monoisotopic (exact) mass is 134 g/mol. The lowest BCUT2D eigenvalue weighted by atomic mass is 10.3. The van der Waals surface area contributed by atoms with Crippen LogP contribution in [0, 0.1) is 6.92 Å². The van der Waals surface area contributed by atoms with Gasteiger partial charge in [0, 0.05) is 6.20 Å². The topological polar surface area (TPSA) is 38.9 Å². The summed E-state index contributed by atoms with van der Waals surface area (Å²) in [4.78, 5) is 4.08. The molecule has 2 heterocycles. The first kappa shape index (κ1) is 5.41. The SMILES string of the molecule is Cc1noc2cccnc12. The van der Waals surface area contributed by atoms with E-state index in [-0.39, 0.29) is 0 Å². The summed E-state index contributed by atoms with van der Waals surface area (Å²) in [5, 5.41) is 3.76. The van der Waals surface area contributed by atoms with Crippen molar-refractivity contribution in [2.45, 2.75) is 6.92 Å². The molecule has 0 atom stereocenters. The van der Waals surface area contributed by atoms with Gasteiger partial charge in [0.25, 0.3) is 0 Å². The maximum atomic E-state index is 4.94. The summed E-state index contributed by atoms with van der Waals surface area (Å²) in [5.74, 6) is 0. The second-order valence-electron chi connectivity index (χ2n) is 2.12. The van der Waals surface area contributed by atoms with Gasteiger partial charge in [-0.25, -0.2) is 0 Å². The van der Waals surface area contributed by atoms with E-state index in [9.17, 15) is 0 Å². The highest BCUT2D eigenvalue weighted by molar-refractivity contribution is 5.73. The third-order valence-corrected chi connectivity index (χ3v) is 1.39. The zero-order chi connectivity index (χ0) is 6.97. The molecule has 0 unspecified atom stereocenters. The van der Waals surface area contributed by atoms with Crippen LogP contribution in [-0.4, -0.2) is 10.1 Å². The Kier molecular flexibility index (Phi) is 0.974. The molecule has 3 heteroatoms. The standard InChI is InChI=1S/C7H6N2O/c1-5-7-6(10-9-5)3-2-4-8-7/h2-4H,1H3. The van der Waals surface area contributed by atoms with E-state index in [2.05, 4.69) is 10.1 Å². The quantitative estimate of drug-likeness (QED) is 0.548. The summed E-state index contributed by atoms with van der Waals surface area (Å²) in [5.41, 5.74) is 2.44. The highest BCUT2D eigenvalue weighted by atomic mass is 16.5. The fraction of sp³-hybridized carbons (Fsp3) is 0.143. The molecule has 0 saturated heterocycles. The molecular formula is C7H6N2O. The van der Waals surface area contributed by atoms with Crippen LogP contribution in [0.15, 0.2) is 22.9 Å². The summed E-state index contributed by atoms with van der Waals surface area (Å²) in [6, 6.07) is 3.68. The van der Waals surface area contributed by atoms with Crippen LogP contribution in [0.1, 0.15) is 5.69 Å². The summed E-state index contributed by atoms with van der Waals surface area (Å²) < 4.78 is 4.94. The van der Waals surface area contributed by atoms with Crippen LogP contribution in [0.3, 0.4) is 0 Å². The molecule has 0 aliphatic carbocycles. The van der Waals surface area contributed by atoms with E-state index in [0.29, 0.717) is 0 Å². The Hall–Kier alpha value is -1.38. The minimum absolute atomic E-state index is 0.750. The summed E-state index contributed by atoms with van der Waals surface area (Å²) >= 11 is 0. The second kappa shape index (κ2) is 1.80. The van der Waals surface area contributed by atoms with Crippen molar-refractivity contribution in [3.05, 3.63) is 24.0 Å². The molecule has 0 spiro atoms. The fourth-order valence-corrected chi connectivity index (χ4v) is 0.897. The Morgan fingerprint density at radius 3 is 3.20 bits per heavy atom. The van der Waals surface area contributed by atoms with Crippen molar-refractivity contribution in [3.8, 4) is 0 Å². The number of fused-ring (bicyclic) bond motifs is 1. The van der Waals surface area contributed by atoms with E-state index in [1.54, 1.807) is 6.20 Å². The molecular weight excluding hydrogens is 128 g/mol. The van der Waals surface area contributed by atoms with Gasteiger partial charge in [0.2, 0.25) is 0 Å². The Labute approximate surface area is 57.7 Å². The average Bonchev–Trinajstić information content (AvgIpc) is 2.34. The average molecular weight is 134 g/mol. The van der Waals surface area contributed by atoms with Crippen molar-refractivity contribution in [1.82, 2.24) is 10.1 Å². The van der Waals surface area contributed by atoms with E-state index < -0.39 is 0 Å². The Morgan fingerprint density at radius 1 is 1.50 bits per heavy atom. The van der Waals surface area contributed by atoms with Crippen molar-refractivity contribution < 1.29 is 4.52 Å². The minimum atomic E-state index is 0.750. The third-order valence-electron chi connectivity index (χ3n) is 1.39. The van der Waals surface area contributed by atoms with E-state index in [1.807, 2.05) is 19.1 Å². The normalized spacial score (nSPS) is 10.5. The van der Waals surface area contributed by atoms with Gasteiger partial charge in [0.15, 0.2) is 5.58 Å². The first-order valence-electron chi connectivity index (χ1n) is 3.05. The predicted octanol–water partition coefficient (Wildman–Crippen LogP) is 1.53. The highest BCUT2D eigenvalue weighted by Crippen LogP contribution is 2.12. The lowest BCUT2D eigenvalue weighted by molar-refractivity contribution is 0.450. The van der Waals surface area contributed by atoms with Gasteiger partial charge in [0.1, 0.15) is 11.2 Å². The lowest BCUT2D eigenvalue weighted by Crippen LogP contribution is -1.73. The lowest BCUT2D eigenvalue weighted by Gasteiger charge is -1.81. The first-order valence-corrected chi connectivity index (χ1v) is 3.05. The van der Waals surface area contributed by atoms with Gasteiger partial charge < -0.3 is 4.52 Å². The molecule has 0 aliphatic rings. The Morgan fingerprint density at radius 2 is 2.40 bits per heavy atom. The number of aryl methyl sites for hydroxylation is 1. The molecule has 0 aromatic carbocycles. The molecule has 0 fully saturated rings. The van der Waals surface area contributed by atoms with Crippen LogP contribution in [0.2, 0.25) is 0 Å². The van der Waals surface area contributed by atoms with Crippen LogP contribution < -0.4 is 0 Å². The van der Waals surface area contributed by atoms with Gasteiger partial charge in [-0.2, -0.15) is 0 Å². The maximum absolute atomic E-state index is 4.94. The number of hydrogen-bond donors (Lipinski definition) is 0. The zero-order valence-corrected chi connectivity index (χ0v) is 5.53. The van der Waals surface area contributed by atoms with Crippen LogP contribution >= 0.6 is 0 Å². The fourth-order valence-electron chi connectivity index (χ4n) is 0.897. The number of pyridine rings is 1. The van der Waals surface area contributed by atoms with E-state index in [4.69, 9.17) is 4.52 Å². The van der Waals surface area contributed by atoms with Gasteiger partial charge in [-0.15, -0.1) is 0 Å². The molecule has 50 valence electrons. The van der Waals surface area contributed by atoms with Crippen molar-refractivity contribution in [3.63, 3.8) is 0 Å². The molecule has 0 bridgehead atoms. The molecule has 10 heavy (non-hydrogen) atoms. The molecule has 2 aromatic rings. The van der Waals surface area contributed by atoms with E-state index in [1.165, 1.54) is 0 Å². The number of hydrogen-bond acceptors (Lipinski definition) is 3. The zero-order valence-electron chi connectivity index (χ0n) is 5.53. The van der Waals surface area contributed by atoms with Crippen LogP contribution in [-0.2, 0) is 0 Å². The minimum Gasteiger partial charge on any atom is -0.354 e. The largest absolute Gasteiger partial charge is 0.354 e. The number of aromatic nitrogens is 2. The molecule has 0 amide bonds. The molecule has 0 saturated carbocycles. The number of nitrogens with zero attached hydrogens (tertiary/aromatic N) is 2. The molecule has 2 rings (SSSR count). The molecule has 2 aromatic heterocycles. The molecule has 0 N–H and O–H groups in total. The van der Waals surface area contributed by atoms with Gasteiger partial charge in [0.05, 0.1) is 0 Å².